The van der Waals surface area contributed by atoms with Crippen LogP contribution in [-0.2, 0) is 4.43 Å². The monoisotopic (exact) mass is 388 g/mol. The summed E-state index contributed by atoms with van der Waals surface area (Å²) in [6, 6.07) is 0. The SMILES string of the molecule is C=C(CC(O)CCO[Si](C)(C)C(C)(C)C)C([Si](C)(C)C)[Si](C)(C)C. The Morgan fingerprint density at radius 2 is 1.38 bits per heavy atom. The molecule has 1 unspecified atom stereocenters. The molecule has 0 fully saturated rings. The molecular formula is C19H44O2Si3. The second-order valence-corrected chi connectivity index (χ2v) is 27.1. The second kappa shape index (κ2) is 8.34. The molecule has 0 rings (SSSR count). The van der Waals surface area contributed by atoms with Gasteiger partial charge in [-0.25, -0.2) is 0 Å². The first-order valence-electron chi connectivity index (χ1n) is 9.39. The molecule has 0 bridgehead atoms. The van der Waals surface area contributed by atoms with E-state index in [1.807, 2.05) is 0 Å². The van der Waals surface area contributed by atoms with Gasteiger partial charge in [0.15, 0.2) is 8.32 Å². The van der Waals surface area contributed by atoms with E-state index >= 15 is 0 Å². The van der Waals surface area contributed by atoms with Gasteiger partial charge in [0.1, 0.15) is 0 Å². The van der Waals surface area contributed by atoms with Crippen molar-refractivity contribution in [3.63, 3.8) is 0 Å². The second-order valence-electron chi connectivity index (χ2n) is 11.1. The van der Waals surface area contributed by atoms with Gasteiger partial charge in [-0.1, -0.05) is 65.6 Å². The zero-order valence-corrected chi connectivity index (χ0v) is 21.3. The lowest BCUT2D eigenvalue weighted by Gasteiger charge is -2.40. The number of aliphatic hydroxyl groups is 1. The first-order valence-corrected chi connectivity index (χ1v) is 19.5. The molecule has 0 aromatic heterocycles. The van der Waals surface area contributed by atoms with Crippen LogP contribution in [0, 0.1) is 0 Å². The van der Waals surface area contributed by atoms with Gasteiger partial charge in [0.05, 0.1) is 6.10 Å². The van der Waals surface area contributed by atoms with Crippen LogP contribution in [0.1, 0.15) is 33.6 Å². The van der Waals surface area contributed by atoms with Gasteiger partial charge in [-0.05, 0) is 36.1 Å². The van der Waals surface area contributed by atoms with Crippen LogP contribution in [-0.4, -0.2) is 42.3 Å². The molecule has 0 aromatic carbocycles. The highest BCUT2D eigenvalue weighted by Gasteiger charge is 2.40. The van der Waals surface area contributed by atoms with Gasteiger partial charge in [-0.15, -0.1) is 6.58 Å². The summed E-state index contributed by atoms with van der Waals surface area (Å²) in [5, 5.41) is 11.4. The van der Waals surface area contributed by atoms with Crippen molar-refractivity contribution in [1.82, 2.24) is 0 Å². The van der Waals surface area contributed by atoms with Crippen LogP contribution in [0.2, 0.25) is 62.6 Å². The van der Waals surface area contributed by atoms with Gasteiger partial charge >= 0.3 is 0 Å². The molecule has 1 N–H and O–H groups in total. The van der Waals surface area contributed by atoms with Crippen LogP contribution in [0.25, 0.3) is 0 Å². The number of hydrogen-bond acceptors (Lipinski definition) is 2. The third-order valence-electron chi connectivity index (χ3n) is 5.36. The third-order valence-corrected chi connectivity index (χ3v) is 19.4. The fraction of sp³-hybridized carbons (Fsp3) is 0.895. The Labute approximate surface area is 155 Å². The Balaban J connectivity index is 4.67. The highest BCUT2D eigenvalue weighted by molar-refractivity contribution is 6.97. The summed E-state index contributed by atoms with van der Waals surface area (Å²) in [6.45, 7) is 31.0. The quantitative estimate of drug-likeness (QED) is 0.371. The largest absolute Gasteiger partial charge is 0.417 e. The fourth-order valence-corrected chi connectivity index (χ4v) is 17.9. The summed E-state index contributed by atoms with van der Waals surface area (Å²) in [5.74, 6) is 0. The number of rotatable bonds is 9. The van der Waals surface area contributed by atoms with Crippen LogP contribution in [0.4, 0.5) is 0 Å². The summed E-state index contributed by atoms with van der Waals surface area (Å²) in [5.41, 5.74) is 1.29. The van der Waals surface area contributed by atoms with Gasteiger partial charge in [0.25, 0.3) is 0 Å². The van der Waals surface area contributed by atoms with Crippen LogP contribution in [0.5, 0.6) is 0 Å². The van der Waals surface area contributed by atoms with E-state index < -0.39 is 24.5 Å². The predicted octanol–water partition coefficient (Wildman–Crippen LogP) is 6.29. The first-order chi connectivity index (χ1) is 10.4. The van der Waals surface area contributed by atoms with Crippen molar-refractivity contribution in [3.8, 4) is 0 Å². The summed E-state index contributed by atoms with van der Waals surface area (Å²) in [7, 11) is -4.34. The Hall–Kier alpha value is 0.311. The highest BCUT2D eigenvalue weighted by atomic mass is 28.4. The van der Waals surface area contributed by atoms with Gasteiger partial charge < -0.3 is 9.53 Å². The molecule has 0 aromatic rings. The minimum Gasteiger partial charge on any atom is -0.417 e. The van der Waals surface area contributed by atoms with Crippen molar-refractivity contribution in [2.24, 2.45) is 0 Å². The van der Waals surface area contributed by atoms with Crippen molar-refractivity contribution < 1.29 is 9.53 Å². The topological polar surface area (TPSA) is 29.5 Å². The third kappa shape index (κ3) is 7.68. The molecule has 24 heavy (non-hydrogen) atoms. The zero-order valence-electron chi connectivity index (χ0n) is 18.3. The van der Waals surface area contributed by atoms with Crippen LogP contribution in [0.15, 0.2) is 12.2 Å². The molecule has 0 saturated carbocycles. The molecule has 0 heterocycles. The van der Waals surface area contributed by atoms with E-state index in [0.29, 0.717) is 11.8 Å². The Morgan fingerprint density at radius 3 is 1.71 bits per heavy atom. The minimum atomic E-state index is -1.71. The van der Waals surface area contributed by atoms with Gasteiger partial charge in [-0.2, -0.15) is 0 Å². The predicted molar refractivity (Wildman–Crippen MR) is 118 cm³/mol. The summed E-state index contributed by atoms with van der Waals surface area (Å²) in [4.78, 5) is 0. The summed E-state index contributed by atoms with van der Waals surface area (Å²) >= 11 is 0. The number of aliphatic hydroxyl groups excluding tert-OH is 1. The molecule has 0 amide bonds. The maximum Gasteiger partial charge on any atom is 0.191 e. The van der Waals surface area contributed by atoms with Crippen LogP contribution < -0.4 is 0 Å². The Morgan fingerprint density at radius 1 is 0.958 bits per heavy atom. The highest BCUT2D eigenvalue weighted by Crippen LogP contribution is 2.40. The maximum atomic E-state index is 10.5. The van der Waals surface area contributed by atoms with Crippen LogP contribution in [0.3, 0.4) is 0 Å². The number of hydrogen-bond donors (Lipinski definition) is 1. The Bertz CT molecular complexity index is 398. The summed E-state index contributed by atoms with van der Waals surface area (Å²) < 4.78 is 6.21. The summed E-state index contributed by atoms with van der Waals surface area (Å²) in [6.07, 6.45) is 1.13. The van der Waals surface area contributed by atoms with Gasteiger partial charge in [0, 0.05) is 22.8 Å². The van der Waals surface area contributed by atoms with E-state index in [1.54, 1.807) is 0 Å². The lowest BCUT2D eigenvalue weighted by molar-refractivity contribution is 0.135. The molecule has 1 atom stereocenters. The van der Waals surface area contributed by atoms with E-state index in [0.717, 1.165) is 12.8 Å². The van der Waals surface area contributed by atoms with E-state index in [2.05, 4.69) is 79.7 Å². The molecule has 0 aliphatic heterocycles. The molecular weight excluding hydrogens is 344 g/mol. The fourth-order valence-electron chi connectivity index (χ4n) is 3.71. The molecule has 0 spiro atoms. The average molecular weight is 389 g/mol. The zero-order chi connectivity index (χ0) is 19.6. The lowest BCUT2D eigenvalue weighted by Crippen LogP contribution is -2.45. The maximum absolute atomic E-state index is 10.5. The van der Waals surface area contributed by atoms with E-state index in [-0.39, 0.29) is 11.1 Å². The van der Waals surface area contributed by atoms with Gasteiger partial charge in [0.2, 0.25) is 0 Å². The molecule has 5 heteroatoms. The molecule has 144 valence electrons. The normalized spacial score (nSPS) is 15.7. The average Bonchev–Trinajstić information content (AvgIpc) is 2.21. The van der Waals surface area contributed by atoms with Gasteiger partial charge in [-0.3, -0.25) is 0 Å². The van der Waals surface area contributed by atoms with Crippen molar-refractivity contribution in [1.29, 1.82) is 0 Å². The van der Waals surface area contributed by atoms with E-state index in [9.17, 15) is 5.11 Å². The van der Waals surface area contributed by atoms with Crippen molar-refractivity contribution >= 4 is 24.5 Å². The van der Waals surface area contributed by atoms with E-state index in [4.69, 9.17) is 4.43 Å². The molecule has 0 saturated heterocycles. The van der Waals surface area contributed by atoms with Crippen molar-refractivity contribution in [2.75, 3.05) is 6.61 Å². The first kappa shape index (κ1) is 24.3. The van der Waals surface area contributed by atoms with E-state index in [1.165, 1.54) is 5.57 Å². The molecule has 0 aliphatic carbocycles. The molecule has 0 radical (unpaired) electrons. The lowest BCUT2D eigenvalue weighted by atomic mass is 10.1. The standard InChI is InChI=1S/C19H44O2Si3/c1-16(18(22(5,6)7)23(8,9)10)15-17(20)13-14-21-24(11,12)19(2,3)4/h17-18,20H,1,13-15H2,2-12H3. The Kier molecular flexibility index (Phi) is 8.44. The van der Waals surface area contributed by atoms with Crippen molar-refractivity contribution in [3.05, 3.63) is 12.2 Å². The van der Waals surface area contributed by atoms with Crippen LogP contribution >= 0.6 is 0 Å². The molecule has 0 aliphatic rings. The smallest absolute Gasteiger partial charge is 0.191 e. The van der Waals surface area contributed by atoms with Crippen molar-refractivity contribution in [2.45, 2.75) is 102 Å². The molecule has 2 nitrogen and oxygen atoms in total. The minimum absolute atomic E-state index is 0.225.